The lowest BCUT2D eigenvalue weighted by Crippen LogP contribution is -2.49. The van der Waals surface area contributed by atoms with Gasteiger partial charge in [0.05, 0.1) is 13.0 Å². The topological polar surface area (TPSA) is 103 Å². The molecule has 0 atom stereocenters. The van der Waals surface area contributed by atoms with Crippen LogP contribution in [-0.2, 0) is 27.3 Å². The van der Waals surface area contributed by atoms with Crippen molar-refractivity contribution in [2.24, 2.45) is 10.9 Å². The number of guanidine groups is 1. The fourth-order valence-electron chi connectivity index (χ4n) is 4.50. The van der Waals surface area contributed by atoms with Gasteiger partial charge in [-0.3, -0.25) is 19.7 Å². The van der Waals surface area contributed by atoms with Crippen molar-refractivity contribution >= 4 is 35.1 Å². The molecule has 1 heterocycles. The summed E-state index contributed by atoms with van der Waals surface area (Å²) in [5, 5.41) is 5.85. The molecule has 0 saturated heterocycles. The number of nitrogens with zero attached hydrogens (tertiary/aromatic N) is 3. The van der Waals surface area contributed by atoms with Gasteiger partial charge in [0.25, 0.3) is 0 Å². The summed E-state index contributed by atoms with van der Waals surface area (Å²) in [6, 6.07) is 24.6. The average molecular weight is 570 g/mol. The summed E-state index contributed by atoms with van der Waals surface area (Å²) in [6.07, 6.45) is 1.06. The second-order valence-electron chi connectivity index (χ2n) is 10.7. The maximum absolute atomic E-state index is 13.0. The zero-order valence-corrected chi connectivity index (χ0v) is 24.5. The number of carbonyl (C=O) groups excluding carboxylic acids is 3. The van der Waals surface area contributed by atoms with Gasteiger partial charge in [-0.2, -0.15) is 0 Å². The summed E-state index contributed by atoms with van der Waals surface area (Å²) in [7, 11) is 1.77. The van der Waals surface area contributed by atoms with Gasteiger partial charge in [0.1, 0.15) is 18.0 Å². The van der Waals surface area contributed by atoms with E-state index in [0.29, 0.717) is 55.9 Å². The standard InChI is InChI=1S/C33H39N5O4/c1-24(2)21-34-30(40)23-38-22-26-14-10-17-28(42-19-11-18-31(41)37(3)27-15-8-5-9-16-27)32(26)36-33(38)35-29(39)20-25-12-6-4-7-13-25/h4-10,12-17,24H,11,18-23H2,1-3H3,(H,34,40)(H,35,36,39). The Bertz CT molecular complexity index is 1390. The highest BCUT2D eigenvalue weighted by Gasteiger charge is 2.26. The highest BCUT2D eigenvalue weighted by Crippen LogP contribution is 2.35. The molecule has 0 fully saturated rings. The number of carbonyl (C=O) groups is 3. The average Bonchev–Trinajstić information content (AvgIpc) is 2.99. The molecule has 2 N–H and O–H groups in total. The molecule has 9 nitrogen and oxygen atoms in total. The van der Waals surface area contributed by atoms with Crippen LogP contribution in [0.1, 0.15) is 37.8 Å². The Morgan fingerprint density at radius 3 is 2.38 bits per heavy atom. The maximum Gasteiger partial charge on any atom is 0.239 e. The smallest absolute Gasteiger partial charge is 0.239 e. The van der Waals surface area contributed by atoms with Crippen molar-refractivity contribution < 1.29 is 19.1 Å². The molecule has 1 aliphatic heterocycles. The fourth-order valence-corrected chi connectivity index (χ4v) is 4.50. The van der Waals surface area contributed by atoms with Crippen molar-refractivity contribution in [2.75, 3.05) is 31.6 Å². The van der Waals surface area contributed by atoms with Gasteiger partial charge in [-0.15, -0.1) is 0 Å². The first-order valence-electron chi connectivity index (χ1n) is 14.3. The molecule has 0 bridgehead atoms. The maximum atomic E-state index is 13.0. The number of para-hydroxylation sites is 2. The highest BCUT2D eigenvalue weighted by molar-refractivity contribution is 6.01. The van der Waals surface area contributed by atoms with Crippen LogP contribution in [0.3, 0.4) is 0 Å². The van der Waals surface area contributed by atoms with Crippen LogP contribution in [0.2, 0.25) is 0 Å². The van der Waals surface area contributed by atoms with Crippen molar-refractivity contribution in [2.45, 2.75) is 39.7 Å². The second kappa shape index (κ2) is 14.8. The predicted molar refractivity (Wildman–Crippen MR) is 165 cm³/mol. The Hall–Kier alpha value is -4.66. The van der Waals surface area contributed by atoms with E-state index < -0.39 is 0 Å². The summed E-state index contributed by atoms with van der Waals surface area (Å²) in [6.45, 7) is 5.40. The molecule has 0 spiro atoms. The van der Waals surface area contributed by atoms with Crippen molar-refractivity contribution in [3.8, 4) is 5.75 Å². The van der Waals surface area contributed by atoms with E-state index in [1.807, 2.05) is 92.7 Å². The molecular weight excluding hydrogens is 530 g/mol. The highest BCUT2D eigenvalue weighted by atomic mass is 16.5. The van der Waals surface area contributed by atoms with Gasteiger partial charge in [0, 0.05) is 37.8 Å². The SMILES string of the molecule is CC(C)CNC(=O)CN1Cc2cccc(OCCCC(=O)N(C)c3ccccc3)c2N=C1NC(=O)Cc1ccccc1. The van der Waals surface area contributed by atoms with Gasteiger partial charge in [0.15, 0.2) is 0 Å². The molecular formula is C33H39N5O4. The molecule has 42 heavy (non-hydrogen) atoms. The van der Waals surface area contributed by atoms with E-state index in [2.05, 4.69) is 10.6 Å². The molecule has 3 amide bonds. The second-order valence-corrected chi connectivity index (χ2v) is 10.7. The van der Waals surface area contributed by atoms with Crippen LogP contribution in [0.5, 0.6) is 5.75 Å². The largest absolute Gasteiger partial charge is 0.491 e. The van der Waals surface area contributed by atoms with Crippen LogP contribution in [0.15, 0.2) is 83.9 Å². The third-order valence-electron chi connectivity index (χ3n) is 6.77. The van der Waals surface area contributed by atoms with Gasteiger partial charge in [-0.05, 0) is 36.1 Å². The molecule has 1 aliphatic rings. The van der Waals surface area contributed by atoms with Crippen LogP contribution in [0.4, 0.5) is 11.4 Å². The van der Waals surface area contributed by atoms with Crippen LogP contribution in [0, 0.1) is 5.92 Å². The van der Waals surface area contributed by atoms with Crippen molar-refractivity contribution in [3.63, 3.8) is 0 Å². The van der Waals surface area contributed by atoms with Gasteiger partial charge in [-0.25, -0.2) is 4.99 Å². The summed E-state index contributed by atoms with van der Waals surface area (Å²) in [5.74, 6) is 0.829. The zero-order valence-electron chi connectivity index (χ0n) is 24.5. The number of nitrogens with one attached hydrogen (secondary N) is 2. The predicted octanol–water partition coefficient (Wildman–Crippen LogP) is 4.44. The lowest BCUT2D eigenvalue weighted by molar-refractivity contribution is -0.122. The molecule has 9 heteroatoms. The summed E-state index contributed by atoms with van der Waals surface area (Å²) >= 11 is 0. The van der Waals surface area contributed by atoms with E-state index in [9.17, 15) is 14.4 Å². The number of hydrogen-bond donors (Lipinski definition) is 2. The van der Waals surface area contributed by atoms with Crippen LogP contribution < -0.4 is 20.3 Å². The number of fused-ring (bicyclic) bond motifs is 1. The molecule has 220 valence electrons. The normalized spacial score (nSPS) is 12.3. The number of rotatable bonds is 12. The first-order chi connectivity index (χ1) is 20.3. The molecule has 0 radical (unpaired) electrons. The molecule has 0 saturated carbocycles. The lowest BCUT2D eigenvalue weighted by Gasteiger charge is -2.30. The molecule has 0 aliphatic carbocycles. The monoisotopic (exact) mass is 569 g/mol. The molecule has 0 unspecified atom stereocenters. The number of amides is 3. The number of benzene rings is 3. The minimum absolute atomic E-state index is 0.00714. The minimum atomic E-state index is -0.226. The van der Waals surface area contributed by atoms with Crippen molar-refractivity contribution in [3.05, 3.63) is 90.0 Å². The van der Waals surface area contributed by atoms with E-state index in [1.165, 1.54) is 0 Å². The van der Waals surface area contributed by atoms with Gasteiger partial charge >= 0.3 is 0 Å². The first kappa shape index (κ1) is 30.3. The Morgan fingerprint density at radius 2 is 1.67 bits per heavy atom. The van der Waals surface area contributed by atoms with Crippen molar-refractivity contribution in [1.29, 1.82) is 0 Å². The van der Waals surface area contributed by atoms with Crippen LogP contribution >= 0.6 is 0 Å². The summed E-state index contributed by atoms with van der Waals surface area (Å²) in [5.41, 5.74) is 3.22. The number of anilines is 1. The van der Waals surface area contributed by atoms with Gasteiger partial charge in [-0.1, -0.05) is 74.5 Å². The minimum Gasteiger partial charge on any atom is -0.491 e. The molecule has 3 aromatic carbocycles. The fraction of sp³-hybridized carbons (Fsp3) is 0.333. The quantitative estimate of drug-likeness (QED) is 0.314. The molecule has 0 aromatic heterocycles. The van der Waals surface area contributed by atoms with Crippen LogP contribution in [-0.4, -0.2) is 55.3 Å². The number of aliphatic imine (C=N–C) groups is 1. The van der Waals surface area contributed by atoms with E-state index in [0.717, 1.165) is 16.8 Å². The third kappa shape index (κ3) is 8.67. The van der Waals surface area contributed by atoms with E-state index in [4.69, 9.17) is 9.73 Å². The first-order valence-corrected chi connectivity index (χ1v) is 14.3. The Balaban J connectivity index is 1.44. The lowest BCUT2D eigenvalue weighted by atomic mass is 10.1. The van der Waals surface area contributed by atoms with E-state index >= 15 is 0 Å². The summed E-state index contributed by atoms with van der Waals surface area (Å²) in [4.78, 5) is 46.5. The number of hydrogen-bond acceptors (Lipinski definition) is 6. The van der Waals surface area contributed by atoms with Gasteiger partial charge < -0.3 is 19.9 Å². The van der Waals surface area contributed by atoms with E-state index in [-0.39, 0.29) is 30.7 Å². The molecule has 3 aromatic rings. The summed E-state index contributed by atoms with van der Waals surface area (Å²) < 4.78 is 6.08. The Labute approximate surface area is 247 Å². The zero-order chi connectivity index (χ0) is 29.9. The van der Waals surface area contributed by atoms with Gasteiger partial charge in [0.2, 0.25) is 23.7 Å². The Morgan fingerprint density at radius 1 is 0.952 bits per heavy atom. The number of ether oxygens (including phenoxy) is 1. The van der Waals surface area contributed by atoms with E-state index in [1.54, 1.807) is 16.8 Å². The van der Waals surface area contributed by atoms with Crippen LogP contribution in [0.25, 0.3) is 0 Å². The Kier molecular flexibility index (Phi) is 10.7. The van der Waals surface area contributed by atoms with Crippen molar-refractivity contribution in [1.82, 2.24) is 15.5 Å². The molecule has 4 rings (SSSR count). The third-order valence-corrected chi connectivity index (χ3v) is 6.77.